The second-order valence-electron chi connectivity index (χ2n) is 9.60. The zero-order valence-corrected chi connectivity index (χ0v) is 24.0. The summed E-state index contributed by atoms with van der Waals surface area (Å²) in [6.07, 6.45) is 5.69. The lowest BCUT2D eigenvalue weighted by Crippen LogP contribution is -2.51. The third-order valence-corrected chi connectivity index (χ3v) is 8.62. The van der Waals surface area contributed by atoms with E-state index < -0.39 is 21.9 Å². The fraction of sp³-hybridized carbons (Fsp3) is 0.481. The molecule has 38 heavy (non-hydrogen) atoms. The van der Waals surface area contributed by atoms with Crippen LogP contribution in [-0.4, -0.2) is 50.0 Å². The number of rotatable bonds is 12. The third kappa shape index (κ3) is 8.32. The molecule has 0 heterocycles. The lowest BCUT2D eigenvalue weighted by atomic mass is 10.1. The number of carbonyl (C=O) groups excluding carboxylic acids is 2. The van der Waals surface area contributed by atoms with Crippen molar-refractivity contribution in [3.8, 4) is 0 Å². The van der Waals surface area contributed by atoms with Gasteiger partial charge in [0.15, 0.2) is 0 Å². The lowest BCUT2D eigenvalue weighted by Gasteiger charge is -2.32. The van der Waals surface area contributed by atoms with Gasteiger partial charge in [0.2, 0.25) is 21.8 Å². The van der Waals surface area contributed by atoms with Crippen LogP contribution in [0.1, 0.15) is 57.4 Å². The van der Waals surface area contributed by atoms with Crippen LogP contribution in [0, 0.1) is 5.82 Å². The van der Waals surface area contributed by atoms with Gasteiger partial charge >= 0.3 is 0 Å². The first-order chi connectivity index (χ1) is 18.0. The molecule has 0 bridgehead atoms. The number of benzene rings is 2. The number of nitrogens with zero attached hydrogens (tertiary/aromatic N) is 2. The molecule has 0 aromatic heterocycles. The van der Waals surface area contributed by atoms with E-state index in [1.807, 2.05) is 6.92 Å². The van der Waals surface area contributed by atoms with Crippen LogP contribution in [0.4, 0.5) is 10.1 Å². The first-order valence-corrected chi connectivity index (χ1v) is 15.4. The predicted molar refractivity (Wildman–Crippen MR) is 149 cm³/mol. The molecule has 1 aliphatic carbocycles. The standard InChI is InChI=1S/C27H34Cl2FN3O4S/c1-3-25(27(35)31-21-7-4-5-8-21)32(18-19-10-15-23(28)24(29)17-19)26(34)9-6-16-33(38(2,36)37)22-13-11-20(30)12-14-22/h10-15,17,21,25H,3-9,16,18H2,1-2H3,(H,31,35)/t25-/m1/s1. The van der Waals surface area contributed by atoms with Gasteiger partial charge in [0.1, 0.15) is 11.9 Å². The van der Waals surface area contributed by atoms with E-state index in [0.717, 1.165) is 41.8 Å². The maximum atomic E-state index is 13.5. The molecule has 0 radical (unpaired) electrons. The minimum absolute atomic E-state index is 0.0156. The molecule has 0 spiro atoms. The Morgan fingerprint density at radius 1 is 1.08 bits per heavy atom. The van der Waals surface area contributed by atoms with Gasteiger partial charge in [0, 0.05) is 25.6 Å². The normalized spacial score (nSPS) is 14.8. The van der Waals surface area contributed by atoms with Crippen LogP contribution in [0.2, 0.25) is 10.0 Å². The van der Waals surface area contributed by atoms with Crippen molar-refractivity contribution in [2.75, 3.05) is 17.1 Å². The van der Waals surface area contributed by atoms with E-state index in [-0.39, 0.29) is 43.8 Å². The highest BCUT2D eigenvalue weighted by Crippen LogP contribution is 2.25. The van der Waals surface area contributed by atoms with Crippen LogP contribution >= 0.6 is 23.2 Å². The smallest absolute Gasteiger partial charge is 0.243 e. The SMILES string of the molecule is CC[C@H](C(=O)NC1CCCC1)N(Cc1ccc(Cl)c(Cl)c1)C(=O)CCCN(c1ccc(F)cc1)S(C)(=O)=O. The monoisotopic (exact) mass is 585 g/mol. The van der Waals surface area contributed by atoms with Gasteiger partial charge in [0.25, 0.3) is 0 Å². The molecule has 0 unspecified atom stereocenters. The van der Waals surface area contributed by atoms with Gasteiger partial charge in [-0.05, 0) is 67.6 Å². The summed E-state index contributed by atoms with van der Waals surface area (Å²) in [5.41, 5.74) is 1.04. The summed E-state index contributed by atoms with van der Waals surface area (Å²) in [4.78, 5) is 28.3. The van der Waals surface area contributed by atoms with E-state index >= 15 is 0 Å². The van der Waals surface area contributed by atoms with Crippen molar-refractivity contribution in [1.82, 2.24) is 10.2 Å². The Morgan fingerprint density at radius 3 is 2.32 bits per heavy atom. The Balaban J connectivity index is 1.77. The second-order valence-corrected chi connectivity index (χ2v) is 12.3. The second kappa shape index (κ2) is 13.6. The fourth-order valence-corrected chi connectivity index (χ4v) is 6.02. The molecule has 1 saturated carbocycles. The molecule has 2 aromatic rings. The summed E-state index contributed by atoms with van der Waals surface area (Å²) in [6.45, 7) is 2.04. The number of sulfonamides is 1. The average Bonchev–Trinajstić information content (AvgIpc) is 3.37. The van der Waals surface area contributed by atoms with Crippen molar-refractivity contribution >= 4 is 50.7 Å². The topological polar surface area (TPSA) is 86.8 Å². The van der Waals surface area contributed by atoms with E-state index in [0.29, 0.717) is 22.2 Å². The highest BCUT2D eigenvalue weighted by molar-refractivity contribution is 7.92. The van der Waals surface area contributed by atoms with Crippen LogP contribution in [0.25, 0.3) is 0 Å². The Morgan fingerprint density at radius 2 is 1.74 bits per heavy atom. The molecule has 7 nitrogen and oxygen atoms in total. The number of carbonyl (C=O) groups is 2. The minimum atomic E-state index is -3.66. The number of hydrogen-bond acceptors (Lipinski definition) is 4. The molecular formula is C27H34Cl2FN3O4S. The number of anilines is 1. The first kappa shape index (κ1) is 30.2. The Bertz CT molecular complexity index is 1220. The molecular weight excluding hydrogens is 552 g/mol. The molecule has 2 aromatic carbocycles. The van der Waals surface area contributed by atoms with Gasteiger partial charge < -0.3 is 10.2 Å². The van der Waals surface area contributed by atoms with Crippen LogP contribution in [0.3, 0.4) is 0 Å². The number of amides is 2. The van der Waals surface area contributed by atoms with Crippen LogP contribution in [-0.2, 0) is 26.2 Å². The van der Waals surface area contributed by atoms with Gasteiger partial charge in [-0.1, -0.05) is 49.0 Å². The minimum Gasteiger partial charge on any atom is -0.352 e. The Kier molecular flexibility index (Phi) is 10.8. The molecule has 2 amide bonds. The van der Waals surface area contributed by atoms with Gasteiger partial charge in [-0.25, -0.2) is 12.8 Å². The summed E-state index contributed by atoms with van der Waals surface area (Å²) in [5.74, 6) is -0.953. The molecule has 0 saturated heterocycles. The highest BCUT2D eigenvalue weighted by Gasteiger charge is 2.31. The van der Waals surface area contributed by atoms with Crippen molar-refractivity contribution in [3.63, 3.8) is 0 Å². The maximum Gasteiger partial charge on any atom is 0.243 e. The van der Waals surface area contributed by atoms with Crippen LogP contribution < -0.4 is 9.62 Å². The predicted octanol–water partition coefficient (Wildman–Crippen LogP) is 5.54. The van der Waals surface area contributed by atoms with E-state index in [1.165, 1.54) is 29.2 Å². The summed E-state index contributed by atoms with van der Waals surface area (Å²) < 4.78 is 39.3. The van der Waals surface area contributed by atoms with Crippen LogP contribution in [0.5, 0.6) is 0 Å². The molecule has 11 heteroatoms. The van der Waals surface area contributed by atoms with Gasteiger partial charge in [0.05, 0.1) is 22.0 Å². The Labute approximate surface area is 234 Å². The zero-order valence-electron chi connectivity index (χ0n) is 21.6. The first-order valence-electron chi connectivity index (χ1n) is 12.8. The zero-order chi connectivity index (χ0) is 27.9. The van der Waals surface area contributed by atoms with Crippen molar-refractivity contribution in [3.05, 3.63) is 63.9 Å². The number of hydrogen-bond donors (Lipinski definition) is 1. The third-order valence-electron chi connectivity index (χ3n) is 6.69. The van der Waals surface area contributed by atoms with Crippen LogP contribution in [0.15, 0.2) is 42.5 Å². The largest absolute Gasteiger partial charge is 0.352 e. The van der Waals surface area contributed by atoms with Crippen molar-refractivity contribution < 1.29 is 22.4 Å². The van der Waals surface area contributed by atoms with Gasteiger partial charge in [-0.15, -0.1) is 0 Å². The molecule has 1 atom stereocenters. The molecule has 3 rings (SSSR count). The van der Waals surface area contributed by atoms with E-state index in [1.54, 1.807) is 18.2 Å². The number of halogens is 3. The molecule has 1 aliphatic rings. The Hall–Kier alpha value is -2.36. The molecule has 0 aliphatic heterocycles. The van der Waals surface area contributed by atoms with Crippen molar-refractivity contribution in [2.24, 2.45) is 0 Å². The van der Waals surface area contributed by atoms with Gasteiger partial charge in [-0.3, -0.25) is 13.9 Å². The van der Waals surface area contributed by atoms with E-state index in [9.17, 15) is 22.4 Å². The van der Waals surface area contributed by atoms with E-state index in [4.69, 9.17) is 23.2 Å². The van der Waals surface area contributed by atoms with Crippen molar-refractivity contribution in [2.45, 2.75) is 70.5 Å². The molecule has 208 valence electrons. The average molecular weight is 587 g/mol. The van der Waals surface area contributed by atoms with Crippen molar-refractivity contribution in [1.29, 1.82) is 0 Å². The highest BCUT2D eigenvalue weighted by atomic mass is 35.5. The summed E-state index contributed by atoms with van der Waals surface area (Å²) in [6, 6.07) is 9.64. The quantitative estimate of drug-likeness (QED) is 0.354. The van der Waals surface area contributed by atoms with Gasteiger partial charge in [-0.2, -0.15) is 0 Å². The summed E-state index contributed by atoms with van der Waals surface area (Å²) in [7, 11) is -3.66. The summed E-state index contributed by atoms with van der Waals surface area (Å²) >= 11 is 12.3. The molecule has 1 N–H and O–H groups in total. The fourth-order valence-electron chi connectivity index (χ4n) is 4.73. The number of nitrogens with one attached hydrogen (secondary N) is 1. The maximum absolute atomic E-state index is 13.5. The van der Waals surface area contributed by atoms with E-state index in [2.05, 4.69) is 5.32 Å². The summed E-state index contributed by atoms with van der Waals surface area (Å²) in [5, 5.41) is 3.83. The lowest BCUT2D eigenvalue weighted by molar-refractivity contribution is -0.141. The molecule has 1 fully saturated rings.